The molecule has 1 fully saturated rings. The Morgan fingerprint density at radius 3 is 2.40 bits per heavy atom. The maximum atomic E-state index is 13.3. The minimum Gasteiger partial charge on any atom is -0.207 e. The molecule has 1 aliphatic heterocycles. The second-order valence-corrected chi connectivity index (χ2v) is 10.5. The molecular formula is C15H17FN2O4S3. The first-order valence-corrected chi connectivity index (χ1v) is 11.4. The molecule has 0 saturated carbocycles. The fourth-order valence-corrected chi connectivity index (χ4v) is 6.50. The zero-order chi connectivity index (χ0) is 18.1. The van der Waals surface area contributed by atoms with Crippen molar-refractivity contribution < 1.29 is 21.2 Å². The lowest BCUT2D eigenvalue weighted by atomic mass is 10.1. The molecule has 1 aromatic carbocycles. The Bertz CT molecular complexity index is 935. The molecule has 0 unspecified atom stereocenters. The number of sulfonamides is 2. The van der Waals surface area contributed by atoms with E-state index in [9.17, 15) is 21.2 Å². The highest BCUT2D eigenvalue weighted by Gasteiger charge is 2.31. The number of nitrogens with one attached hydrogen (secondary N) is 1. The SMILES string of the molecule is O=S(=O)(NC1CCN(S(=O)(=O)c2cccc(F)c2)CC1)c1cccs1. The zero-order valence-electron chi connectivity index (χ0n) is 13.1. The van der Waals surface area contributed by atoms with Crippen LogP contribution in [0.2, 0.25) is 0 Å². The molecule has 2 heterocycles. The van der Waals surface area contributed by atoms with Crippen molar-refractivity contribution in [2.24, 2.45) is 0 Å². The van der Waals surface area contributed by atoms with Crippen LogP contribution in [0.25, 0.3) is 0 Å². The second kappa shape index (κ2) is 7.12. The highest BCUT2D eigenvalue weighted by atomic mass is 32.2. The van der Waals surface area contributed by atoms with Crippen LogP contribution in [-0.2, 0) is 20.0 Å². The number of halogens is 1. The van der Waals surface area contributed by atoms with Crippen molar-refractivity contribution >= 4 is 31.4 Å². The summed E-state index contributed by atoms with van der Waals surface area (Å²) in [4.78, 5) is -0.0925. The molecule has 1 aromatic heterocycles. The molecule has 2 aromatic rings. The van der Waals surface area contributed by atoms with Gasteiger partial charge in [-0.2, -0.15) is 4.31 Å². The molecule has 1 saturated heterocycles. The van der Waals surface area contributed by atoms with Gasteiger partial charge in [0.2, 0.25) is 20.0 Å². The maximum absolute atomic E-state index is 13.3. The predicted octanol–water partition coefficient (Wildman–Crippen LogP) is 2.02. The van der Waals surface area contributed by atoms with Gasteiger partial charge in [-0.3, -0.25) is 0 Å². The summed E-state index contributed by atoms with van der Waals surface area (Å²) in [6, 6.07) is 7.73. The summed E-state index contributed by atoms with van der Waals surface area (Å²) in [7, 11) is -7.35. The van der Waals surface area contributed by atoms with Gasteiger partial charge in [-0.05, 0) is 42.5 Å². The van der Waals surface area contributed by atoms with Gasteiger partial charge in [0.15, 0.2) is 0 Å². The van der Waals surface area contributed by atoms with Crippen molar-refractivity contribution in [3.05, 3.63) is 47.6 Å². The van der Waals surface area contributed by atoms with E-state index in [1.165, 1.54) is 28.6 Å². The highest BCUT2D eigenvalue weighted by molar-refractivity contribution is 7.91. The van der Waals surface area contributed by atoms with E-state index < -0.39 is 25.9 Å². The molecule has 0 spiro atoms. The van der Waals surface area contributed by atoms with Crippen molar-refractivity contribution in [1.29, 1.82) is 0 Å². The van der Waals surface area contributed by atoms with Gasteiger partial charge in [-0.1, -0.05) is 12.1 Å². The molecule has 0 amide bonds. The van der Waals surface area contributed by atoms with Crippen molar-refractivity contribution in [3.63, 3.8) is 0 Å². The van der Waals surface area contributed by atoms with Gasteiger partial charge in [-0.25, -0.2) is 25.9 Å². The summed E-state index contributed by atoms with van der Waals surface area (Å²) in [5.74, 6) is -0.611. The molecule has 0 aliphatic carbocycles. The first-order valence-electron chi connectivity index (χ1n) is 7.60. The molecule has 0 radical (unpaired) electrons. The zero-order valence-corrected chi connectivity index (χ0v) is 15.6. The molecule has 3 rings (SSSR count). The highest BCUT2D eigenvalue weighted by Crippen LogP contribution is 2.23. The third kappa shape index (κ3) is 4.09. The summed E-state index contributed by atoms with van der Waals surface area (Å²) in [5, 5.41) is 1.68. The van der Waals surface area contributed by atoms with Crippen molar-refractivity contribution in [2.45, 2.75) is 28.0 Å². The Labute approximate surface area is 150 Å². The van der Waals surface area contributed by atoms with Gasteiger partial charge in [0.25, 0.3) is 0 Å². The van der Waals surface area contributed by atoms with Crippen molar-refractivity contribution in [2.75, 3.05) is 13.1 Å². The molecule has 25 heavy (non-hydrogen) atoms. The Morgan fingerprint density at radius 1 is 1.08 bits per heavy atom. The molecule has 6 nitrogen and oxygen atoms in total. The Balaban J connectivity index is 1.66. The lowest BCUT2D eigenvalue weighted by Gasteiger charge is -2.31. The van der Waals surface area contributed by atoms with Gasteiger partial charge in [0.05, 0.1) is 4.90 Å². The number of nitrogens with zero attached hydrogens (tertiary/aromatic N) is 1. The number of piperidine rings is 1. The van der Waals surface area contributed by atoms with E-state index in [0.717, 1.165) is 17.4 Å². The molecule has 10 heteroatoms. The van der Waals surface area contributed by atoms with Crippen LogP contribution in [0.4, 0.5) is 4.39 Å². The van der Waals surface area contributed by atoms with Crippen LogP contribution in [0.15, 0.2) is 50.9 Å². The van der Waals surface area contributed by atoms with E-state index in [1.807, 2.05) is 0 Å². The first kappa shape index (κ1) is 18.5. The predicted molar refractivity (Wildman–Crippen MR) is 92.8 cm³/mol. The Kier molecular flexibility index (Phi) is 5.26. The number of hydrogen-bond donors (Lipinski definition) is 1. The van der Waals surface area contributed by atoms with Gasteiger partial charge < -0.3 is 0 Å². The molecule has 0 bridgehead atoms. The van der Waals surface area contributed by atoms with Crippen molar-refractivity contribution in [1.82, 2.24) is 9.03 Å². The second-order valence-electron chi connectivity index (χ2n) is 5.69. The summed E-state index contributed by atoms with van der Waals surface area (Å²) >= 11 is 1.13. The summed E-state index contributed by atoms with van der Waals surface area (Å²) in [6.07, 6.45) is 0.721. The molecule has 136 valence electrons. The number of rotatable bonds is 5. The largest absolute Gasteiger partial charge is 0.250 e. The van der Waals surface area contributed by atoms with E-state index in [-0.39, 0.29) is 28.2 Å². The van der Waals surface area contributed by atoms with Crippen molar-refractivity contribution in [3.8, 4) is 0 Å². The topological polar surface area (TPSA) is 83.6 Å². The van der Waals surface area contributed by atoms with Gasteiger partial charge >= 0.3 is 0 Å². The average molecular weight is 405 g/mol. The van der Waals surface area contributed by atoms with E-state index in [1.54, 1.807) is 11.4 Å². The lowest BCUT2D eigenvalue weighted by Crippen LogP contribution is -2.46. The molecule has 1 N–H and O–H groups in total. The molecule has 0 atom stereocenters. The van der Waals surface area contributed by atoms with Crippen LogP contribution in [-0.4, -0.2) is 40.3 Å². The third-order valence-corrected chi connectivity index (χ3v) is 8.78. The van der Waals surface area contributed by atoms with E-state index in [2.05, 4.69) is 4.72 Å². The van der Waals surface area contributed by atoms with E-state index in [4.69, 9.17) is 0 Å². The maximum Gasteiger partial charge on any atom is 0.250 e. The molecule has 1 aliphatic rings. The van der Waals surface area contributed by atoms with Crippen LogP contribution in [0.5, 0.6) is 0 Å². The third-order valence-electron chi connectivity index (χ3n) is 3.97. The number of hydrogen-bond acceptors (Lipinski definition) is 5. The minimum absolute atomic E-state index is 0.0925. The fourth-order valence-electron chi connectivity index (χ4n) is 2.68. The normalized spacial score (nSPS) is 17.6. The minimum atomic E-state index is -3.78. The standard InChI is InChI=1S/C15H17FN2O4S3/c16-12-3-1-4-14(11-12)25(21,22)18-8-6-13(7-9-18)17-24(19,20)15-5-2-10-23-15/h1-5,10-11,13,17H,6-9H2. The average Bonchev–Trinajstić information content (AvgIpc) is 3.10. The van der Waals surface area contributed by atoms with Crippen LogP contribution < -0.4 is 4.72 Å². The quantitative estimate of drug-likeness (QED) is 0.826. The fraction of sp³-hybridized carbons (Fsp3) is 0.333. The van der Waals surface area contributed by atoms with E-state index >= 15 is 0 Å². The smallest absolute Gasteiger partial charge is 0.207 e. The monoisotopic (exact) mass is 404 g/mol. The summed E-state index contributed by atoms with van der Waals surface area (Å²) in [6.45, 7) is 0.354. The van der Waals surface area contributed by atoms with Gasteiger partial charge in [0, 0.05) is 19.1 Å². The summed E-state index contributed by atoms with van der Waals surface area (Å²) in [5.41, 5.74) is 0. The molecular weight excluding hydrogens is 387 g/mol. The van der Waals surface area contributed by atoms with Gasteiger partial charge in [0.1, 0.15) is 10.0 Å². The van der Waals surface area contributed by atoms with E-state index in [0.29, 0.717) is 12.8 Å². The van der Waals surface area contributed by atoms with Crippen LogP contribution in [0.1, 0.15) is 12.8 Å². The lowest BCUT2D eigenvalue weighted by molar-refractivity contribution is 0.308. The Morgan fingerprint density at radius 2 is 1.80 bits per heavy atom. The Hall–Kier alpha value is -1.33. The van der Waals surface area contributed by atoms with Crippen LogP contribution in [0.3, 0.4) is 0 Å². The summed E-state index contributed by atoms with van der Waals surface area (Å²) < 4.78 is 66.9. The number of thiophene rings is 1. The number of benzene rings is 1. The van der Waals surface area contributed by atoms with Crippen LogP contribution in [0, 0.1) is 5.82 Å². The van der Waals surface area contributed by atoms with Gasteiger partial charge in [-0.15, -0.1) is 11.3 Å². The first-order chi connectivity index (χ1) is 11.8. The van der Waals surface area contributed by atoms with Crippen LogP contribution >= 0.6 is 11.3 Å².